The molecule has 0 bridgehead atoms. The van der Waals surface area contributed by atoms with Crippen molar-refractivity contribution in [2.75, 3.05) is 13.1 Å². The first-order chi connectivity index (χ1) is 8.59. The van der Waals surface area contributed by atoms with E-state index in [2.05, 4.69) is 10.6 Å². The fourth-order valence-corrected chi connectivity index (χ4v) is 1.43. The van der Waals surface area contributed by atoms with Gasteiger partial charge in [-0.2, -0.15) is 0 Å². The summed E-state index contributed by atoms with van der Waals surface area (Å²) in [4.78, 5) is 22.9. The number of benzene rings is 1. The van der Waals surface area contributed by atoms with Gasteiger partial charge in [0.2, 0.25) is 5.91 Å². The molecule has 5 nitrogen and oxygen atoms in total. The highest BCUT2D eigenvalue weighted by Gasteiger charge is 2.05. The van der Waals surface area contributed by atoms with Crippen molar-refractivity contribution in [1.29, 1.82) is 0 Å². The van der Waals surface area contributed by atoms with E-state index in [0.29, 0.717) is 25.1 Å². The third kappa shape index (κ3) is 5.45. The van der Waals surface area contributed by atoms with E-state index < -0.39 is 0 Å². The molecule has 0 aliphatic carbocycles. The van der Waals surface area contributed by atoms with Crippen molar-refractivity contribution in [3.05, 3.63) is 35.9 Å². The van der Waals surface area contributed by atoms with Crippen LogP contribution >= 0.6 is 0 Å². The van der Waals surface area contributed by atoms with Crippen molar-refractivity contribution in [3.63, 3.8) is 0 Å². The molecule has 1 aromatic rings. The Kier molecular flexibility index (Phi) is 5.87. The minimum Gasteiger partial charge on any atom is -0.354 e. The average molecular weight is 249 g/mol. The Labute approximate surface area is 107 Å². The normalized spacial score (nSPS) is 11.7. The second-order valence-corrected chi connectivity index (χ2v) is 4.15. The molecule has 0 radical (unpaired) electrons. The first-order valence-electron chi connectivity index (χ1n) is 5.95. The molecule has 0 aromatic heterocycles. The number of amides is 2. The van der Waals surface area contributed by atoms with Crippen LogP contribution in [0.4, 0.5) is 0 Å². The highest BCUT2D eigenvalue weighted by molar-refractivity contribution is 5.94. The van der Waals surface area contributed by atoms with Crippen LogP contribution in [0.3, 0.4) is 0 Å². The summed E-state index contributed by atoms with van der Waals surface area (Å²) in [5.41, 5.74) is 6.10. The Morgan fingerprint density at radius 2 is 1.78 bits per heavy atom. The van der Waals surface area contributed by atoms with Crippen LogP contribution in [0, 0.1) is 0 Å². The summed E-state index contributed by atoms with van der Waals surface area (Å²) in [6.07, 6.45) is 0.298. The van der Waals surface area contributed by atoms with Crippen LogP contribution in [0.1, 0.15) is 23.7 Å². The number of nitrogens with one attached hydrogen (secondary N) is 2. The number of rotatable bonds is 6. The summed E-state index contributed by atoms with van der Waals surface area (Å²) in [6.45, 7) is 2.58. The fraction of sp³-hybridized carbons (Fsp3) is 0.385. The van der Waals surface area contributed by atoms with E-state index in [4.69, 9.17) is 5.73 Å². The van der Waals surface area contributed by atoms with Gasteiger partial charge in [-0.25, -0.2) is 0 Å². The molecule has 1 aromatic carbocycles. The van der Waals surface area contributed by atoms with Gasteiger partial charge < -0.3 is 16.4 Å². The molecule has 98 valence electrons. The van der Waals surface area contributed by atoms with Crippen LogP contribution in [0.2, 0.25) is 0 Å². The van der Waals surface area contributed by atoms with Crippen LogP contribution < -0.4 is 16.4 Å². The average Bonchev–Trinajstić information content (AvgIpc) is 2.34. The summed E-state index contributed by atoms with van der Waals surface area (Å²) in [5.74, 6) is -0.240. The number of nitrogens with two attached hydrogens (primary N) is 1. The van der Waals surface area contributed by atoms with E-state index in [1.807, 2.05) is 6.07 Å². The Bertz CT molecular complexity index is 390. The molecule has 0 saturated carbocycles. The number of hydrogen-bond donors (Lipinski definition) is 3. The van der Waals surface area contributed by atoms with Gasteiger partial charge >= 0.3 is 0 Å². The predicted octanol–water partition coefficient (Wildman–Crippen LogP) is 0.270. The van der Waals surface area contributed by atoms with Crippen molar-refractivity contribution in [2.45, 2.75) is 19.4 Å². The smallest absolute Gasteiger partial charge is 0.251 e. The standard InChI is InChI=1S/C13H19N3O2/c1-10(14)9-12(17)15-7-8-16-13(18)11-5-3-2-4-6-11/h2-6,10H,7-9,14H2,1H3,(H,15,17)(H,16,18). The minimum absolute atomic E-state index is 0.0982. The second kappa shape index (κ2) is 7.45. The third-order valence-electron chi connectivity index (χ3n) is 2.28. The predicted molar refractivity (Wildman–Crippen MR) is 70.1 cm³/mol. The van der Waals surface area contributed by atoms with Crippen LogP contribution in [-0.4, -0.2) is 30.9 Å². The van der Waals surface area contributed by atoms with E-state index in [1.165, 1.54) is 0 Å². The molecule has 4 N–H and O–H groups in total. The lowest BCUT2D eigenvalue weighted by Crippen LogP contribution is -2.36. The molecule has 0 fully saturated rings. The highest BCUT2D eigenvalue weighted by Crippen LogP contribution is 1.96. The van der Waals surface area contributed by atoms with E-state index in [9.17, 15) is 9.59 Å². The zero-order valence-electron chi connectivity index (χ0n) is 10.5. The van der Waals surface area contributed by atoms with Crippen molar-refractivity contribution in [2.24, 2.45) is 5.73 Å². The lowest BCUT2D eigenvalue weighted by Gasteiger charge is -2.08. The van der Waals surface area contributed by atoms with Crippen LogP contribution in [0.25, 0.3) is 0 Å². The van der Waals surface area contributed by atoms with Gasteiger partial charge in [0.15, 0.2) is 0 Å². The maximum absolute atomic E-state index is 11.6. The minimum atomic E-state index is -0.149. The lowest BCUT2D eigenvalue weighted by atomic mass is 10.2. The SMILES string of the molecule is CC(N)CC(=O)NCCNC(=O)c1ccccc1. The Morgan fingerprint density at radius 1 is 1.17 bits per heavy atom. The molecule has 0 aliphatic rings. The fourth-order valence-electron chi connectivity index (χ4n) is 1.43. The maximum atomic E-state index is 11.6. The van der Waals surface area contributed by atoms with E-state index in [-0.39, 0.29) is 17.9 Å². The highest BCUT2D eigenvalue weighted by atomic mass is 16.2. The van der Waals surface area contributed by atoms with Crippen LogP contribution in [0.15, 0.2) is 30.3 Å². The van der Waals surface area contributed by atoms with E-state index in [1.54, 1.807) is 31.2 Å². The molecule has 1 unspecified atom stereocenters. The first-order valence-corrected chi connectivity index (χ1v) is 5.95. The molecule has 18 heavy (non-hydrogen) atoms. The quantitative estimate of drug-likeness (QED) is 0.633. The topological polar surface area (TPSA) is 84.2 Å². The van der Waals surface area contributed by atoms with Crippen LogP contribution in [0.5, 0.6) is 0 Å². The number of carbonyl (C=O) groups excluding carboxylic acids is 2. The molecule has 1 rings (SSSR count). The monoisotopic (exact) mass is 249 g/mol. The summed E-state index contributed by atoms with van der Waals surface area (Å²) in [5, 5.41) is 5.41. The van der Waals surface area contributed by atoms with Crippen molar-refractivity contribution < 1.29 is 9.59 Å². The van der Waals surface area contributed by atoms with Gasteiger partial charge in [-0.15, -0.1) is 0 Å². The number of carbonyl (C=O) groups is 2. The third-order valence-corrected chi connectivity index (χ3v) is 2.28. The van der Waals surface area contributed by atoms with Gasteiger partial charge in [0.05, 0.1) is 0 Å². The summed E-state index contributed by atoms with van der Waals surface area (Å²) in [6, 6.07) is 8.79. The van der Waals surface area contributed by atoms with Crippen molar-refractivity contribution in [1.82, 2.24) is 10.6 Å². The summed E-state index contributed by atoms with van der Waals surface area (Å²) in [7, 11) is 0. The lowest BCUT2D eigenvalue weighted by molar-refractivity contribution is -0.121. The van der Waals surface area contributed by atoms with Gasteiger partial charge in [-0.1, -0.05) is 18.2 Å². The second-order valence-electron chi connectivity index (χ2n) is 4.15. The Balaban J connectivity index is 2.19. The van der Waals surface area contributed by atoms with Crippen molar-refractivity contribution >= 4 is 11.8 Å². The van der Waals surface area contributed by atoms with Gasteiger partial charge in [0, 0.05) is 31.1 Å². The molecule has 2 amide bonds. The van der Waals surface area contributed by atoms with E-state index >= 15 is 0 Å². The molecule has 5 heteroatoms. The van der Waals surface area contributed by atoms with Gasteiger partial charge in [0.1, 0.15) is 0 Å². The van der Waals surface area contributed by atoms with Gasteiger partial charge in [0.25, 0.3) is 5.91 Å². The van der Waals surface area contributed by atoms with Crippen LogP contribution in [-0.2, 0) is 4.79 Å². The molecular formula is C13H19N3O2. The van der Waals surface area contributed by atoms with E-state index in [0.717, 1.165) is 0 Å². The molecular weight excluding hydrogens is 230 g/mol. The van der Waals surface area contributed by atoms with Gasteiger partial charge in [-0.3, -0.25) is 9.59 Å². The summed E-state index contributed by atoms with van der Waals surface area (Å²) < 4.78 is 0. The molecule has 0 heterocycles. The molecule has 1 atom stereocenters. The maximum Gasteiger partial charge on any atom is 0.251 e. The zero-order chi connectivity index (χ0) is 13.4. The molecule has 0 aliphatic heterocycles. The van der Waals surface area contributed by atoms with Crippen molar-refractivity contribution in [3.8, 4) is 0 Å². The number of hydrogen-bond acceptors (Lipinski definition) is 3. The zero-order valence-corrected chi connectivity index (χ0v) is 10.5. The molecule has 0 spiro atoms. The largest absolute Gasteiger partial charge is 0.354 e. The first kappa shape index (κ1) is 14.2. The molecule has 0 saturated heterocycles. The van der Waals surface area contributed by atoms with Gasteiger partial charge in [-0.05, 0) is 19.1 Å². The Morgan fingerprint density at radius 3 is 2.39 bits per heavy atom. The Hall–Kier alpha value is -1.88. The summed E-state index contributed by atoms with van der Waals surface area (Å²) >= 11 is 0.